The van der Waals surface area contributed by atoms with Crippen LogP contribution in [0.1, 0.15) is 17.5 Å². The van der Waals surface area contributed by atoms with Gasteiger partial charge in [-0.05, 0) is 54.1 Å². The van der Waals surface area contributed by atoms with Crippen LogP contribution < -0.4 is 14.8 Å². The van der Waals surface area contributed by atoms with E-state index in [0.29, 0.717) is 22.7 Å². The molecular weight excluding hydrogens is 587 g/mol. The quantitative estimate of drug-likeness (QED) is 0.354. The number of amidine groups is 1. The molecule has 1 atom stereocenters. The summed E-state index contributed by atoms with van der Waals surface area (Å²) in [5.74, 6) is 0.360. The first-order valence-electron chi connectivity index (χ1n) is 11.3. The minimum Gasteiger partial charge on any atom is -0.454 e. The molecule has 3 aromatic rings. The van der Waals surface area contributed by atoms with E-state index < -0.39 is 17.0 Å². The maximum atomic E-state index is 13.4. The predicted octanol–water partition coefficient (Wildman–Crippen LogP) is 6.36. The summed E-state index contributed by atoms with van der Waals surface area (Å²) in [5, 5.41) is 2.16. The fraction of sp³-hybridized carbons (Fsp3) is 0.192. The molecule has 1 saturated heterocycles. The van der Waals surface area contributed by atoms with E-state index >= 15 is 0 Å². The van der Waals surface area contributed by atoms with E-state index in [0.717, 1.165) is 28.4 Å². The molecule has 1 fully saturated rings. The van der Waals surface area contributed by atoms with Crippen molar-refractivity contribution in [2.75, 3.05) is 12.1 Å². The molecule has 2 heterocycles. The molecule has 0 bridgehead atoms. The number of carbonyl (C=O) groups is 2. The number of ether oxygens (including phenoxy) is 2. The van der Waals surface area contributed by atoms with Crippen molar-refractivity contribution in [1.29, 1.82) is 0 Å². The van der Waals surface area contributed by atoms with Gasteiger partial charge in [-0.1, -0.05) is 45.9 Å². The number of anilines is 1. The van der Waals surface area contributed by atoms with Gasteiger partial charge in [-0.25, -0.2) is 4.99 Å². The fourth-order valence-corrected chi connectivity index (χ4v) is 5.46. The number of nitrogens with one attached hydrogen (secondary N) is 1. The minimum atomic E-state index is -4.53. The van der Waals surface area contributed by atoms with Crippen molar-refractivity contribution in [2.45, 2.75) is 24.4 Å². The molecule has 1 N–H and O–H groups in total. The zero-order valence-corrected chi connectivity index (χ0v) is 21.9. The van der Waals surface area contributed by atoms with Crippen LogP contribution in [-0.4, -0.2) is 33.9 Å². The minimum absolute atomic E-state index is 0.0463. The molecular formula is C26H19BrF3N3O4S. The Bertz CT molecular complexity index is 1430. The van der Waals surface area contributed by atoms with Crippen LogP contribution in [0.3, 0.4) is 0 Å². The fourth-order valence-electron chi connectivity index (χ4n) is 3.90. The summed E-state index contributed by atoms with van der Waals surface area (Å²) in [4.78, 5) is 31.9. The van der Waals surface area contributed by atoms with Crippen LogP contribution in [0.4, 0.5) is 24.5 Å². The Morgan fingerprint density at radius 3 is 2.66 bits per heavy atom. The predicted molar refractivity (Wildman–Crippen MR) is 140 cm³/mol. The number of hydrogen-bond donors (Lipinski definition) is 1. The number of fused-ring (bicyclic) bond motifs is 1. The topological polar surface area (TPSA) is 80.2 Å². The lowest BCUT2D eigenvalue weighted by atomic mass is 10.1. The van der Waals surface area contributed by atoms with Gasteiger partial charge in [0, 0.05) is 16.6 Å². The molecule has 196 valence electrons. The molecule has 5 rings (SSSR count). The number of benzene rings is 3. The zero-order valence-electron chi connectivity index (χ0n) is 19.5. The standard InChI is InChI=1S/C26H19BrF3N3O4S/c27-17-4-2-6-19(11-17)31-23(34)12-22-24(35)33(13-15-7-8-20-21(9-15)37-14-36-20)25(38-22)32-18-5-1-3-16(10-18)26(28,29)30/h1-11,22H,12-14H2,(H,31,34). The number of halogens is 4. The highest BCUT2D eigenvalue weighted by molar-refractivity contribution is 9.10. The Morgan fingerprint density at radius 2 is 1.87 bits per heavy atom. The summed E-state index contributed by atoms with van der Waals surface area (Å²) in [6.07, 6.45) is -4.68. The third-order valence-corrected chi connectivity index (χ3v) is 7.34. The van der Waals surface area contributed by atoms with Crippen LogP contribution in [-0.2, 0) is 22.3 Å². The molecule has 2 amide bonds. The van der Waals surface area contributed by atoms with Crippen molar-refractivity contribution in [3.05, 3.63) is 82.3 Å². The number of hydrogen-bond acceptors (Lipinski definition) is 6. The molecule has 38 heavy (non-hydrogen) atoms. The second kappa shape index (κ2) is 10.7. The number of amides is 2. The van der Waals surface area contributed by atoms with Gasteiger partial charge in [0.25, 0.3) is 0 Å². The van der Waals surface area contributed by atoms with Gasteiger partial charge in [0.15, 0.2) is 16.7 Å². The summed E-state index contributed by atoms with van der Waals surface area (Å²) in [7, 11) is 0. The van der Waals surface area contributed by atoms with Gasteiger partial charge in [-0.15, -0.1) is 0 Å². The number of carbonyl (C=O) groups excluding carboxylic acids is 2. The van der Waals surface area contributed by atoms with E-state index in [2.05, 4.69) is 26.2 Å². The van der Waals surface area contributed by atoms with Crippen LogP contribution in [0.15, 0.2) is 76.2 Å². The largest absolute Gasteiger partial charge is 0.454 e. The summed E-state index contributed by atoms with van der Waals surface area (Å²) in [6, 6.07) is 16.8. The van der Waals surface area contributed by atoms with Gasteiger partial charge < -0.3 is 14.8 Å². The highest BCUT2D eigenvalue weighted by Gasteiger charge is 2.39. The molecule has 0 spiro atoms. The Morgan fingerprint density at radius 1 is 1.08 bits per heavy atom. The maximum absolute atomic E-state index is 13.4. The molecule has 7 nitrogen and oxygen atoms in total. The SMILES string of the molecule is O=C(CC1SC(=Nc2cccc(C(F)(F)F)c2)N(Cc2ccc3c(c2)OCO3)C1=O)Nc1cccc(Br)c1. The van der Waals surface area contributed by atoms with E-state index in [4.69, 9.17) is 9.47 Å². The summed E-state index contributed by atoms with van der Waals surface area (Å²) >= 11 is 4.39. The van der Waals surface area contributed by atoms with Crippen molar-refractivity contribution >= 4 is 56.0 Å². The van der Waals surface area contributed by atoms with Crippen molar-refractivity contribution in [3.63, 3.8) is 0 Å². The van der Waals surface area contributed by atoms with Crippen molar-refractivity contribution in [2.24, 2.45) is 4.99 Å². The van der Waals surface area contributed by atoms with E-state index in [9.17, 15) is 22.8 Å². The van der Waals surface area contributed by atoms with Gasteiger partial charge in [0.2, 0.25) is 18.6 Å². The Labute approximate surface area is 228 Å². The molecule has 0 aromatic heterocycles. The van der Waals surface area contributed by atoms with Crippen molar-refractivity contribution < 1.29 is 32.2 Å². The highest BCUT2D eigenvalue weighted by Crippen LogP contribution is 2.37. The van der Waals surface area contributed by atoms with Crippen LogP contribution in [0.2, 0.25) is 0 Å². The highest BCUT2D eigenvalue weighted by atomic mass is 79.9. The van der Waals surface area contributed by atoms with E-state index in [1.165, 1.54) is 17.0 Å². The van der Waals surface area contributed by atoms with Crippen LogP contribution in [0.5, 0.6) is 11.5 Å². The van der Waals surface area contributed by atoms with Crippen LogP contribution in [0.25, 0.3) is 0 Å². The lowest BCUT2D eigenvalue weighted by Gasteiger charge is -2.17. The second-order valence-corrected chi connectivity index (χ2v) is 10.5. The summed E-state index contributed by atoms with van der Waals surface area (Å²) in [5.41, 5.74) is 0.472. The number of rotatable bonds is 6. The third kappa shape index (κ3) is 5.97. The molecule has 3 aromatic carbocycles. The van der Waals surface area contributed by atoms with E-state index in [1.807, 2.05) is 6.07 Å². The number of thioether (sulfide) groups is 1. The normalized spacial score (nSPS) is 17.8. The Hall–Kier alpha value is -3.51. The van der Waals surface area contributed by atoms with Gasteiger partial charge in [0.1, 0.15) is 5.25 Å². The summed E-state index contributed by atoms with van der Waals surface area (Å²) in [6.45, 7) is 0.179. The first-order chi connectivity index (χ1) is 18.2. The molecule has 1 unspecified atom stereocenters. The molecule has 0 radical (unpaired) electrons. The molecule has 0 saturated carbocycles. The Kier molecular flexibility index (Phi) is 7.35. The van der Waals surface area contributed by atoms with E-state index in [1.54, 1.807) is 36.4 Å². The molecule has 0 aliphatic carbocycles. The van der Waals surface area contributed by atoms with E-state index in [-0.39, 0.29) is 42.4 Å². The lowest BCUT2D eigenvalue weighted by molar-refractivity contribution is -0.137. The van der Waals surface area contributed by atoms with Gasteiger partial charge >= 0.3 is 6.18 Å². The number of aliphatic imine (C=N–C) groups is 1. The average molecular weight is 606 g/mol. The first-order valence-corrected chi connectivity index (χ1v) is 13.0. The van der Waals surface area contributed by atoms with Gasteiger partial charge in [0.05, 0.1) is 17.8 Å². The number of alkyl halides is 3. The van der Waals surface area contributed by atoms with Crippen molar-refractivity contribution in [3.8, 4) is 11.5 Å². The lowest BCUT2D eigenvalue weighted by Crippen LogP contribution is -2.33. The van der Waals surface area contributed by atoms with Gasteiger partial charge in [-0.2, -0.15) is 13.2 Å². The monoisotopic (exact) mass is 605 g/mol. The molecule has 2 aliphatic heterocycles. The smallest absolute Gasteiger partial charge is 0.416 e. The third-order valence-electron chi connectivity index (χ3n) is 5.68. The molecule has 12 heteroatoms. The van der Waals surface area contributed by atoms with Gasteiger partial charge in [-0.3, -0.25) is 14.5 Å². The second-order valence-electron chi connectivity index (χ2n) is 8.42. The summed E-state index contributed by atoms with van der Waals surface area (Å²) < 4.78 is 51.2. The maximum Gasteiger partial charge on any atom is 0.416 e. The zero-order chi connectivity index (χ0) is 26.9. The van der Waals surface area contributed by atoms with Crippen LogP contribution in [0, 0.1) is 0 Å². The molecule has 2 aliphatic rings. The number of nitrogens with zero attached hydrogens (tertiary/aromatic N) is 2. The first kappa shape index (κ1) is 26.1. The Balaban J connectivity index is 1.40. The average Bonchev–Trinajstić information content (AvgIpc) is 3.44. The van der Waals surface area contributed by atoms with Crippen LogP contribution >= 0.6 is 27.7 Å². The van der Waals surface area contributed by atoms with Crippen molar-refractivity contribution in [1.82, 2.24) is 4.90 Å².